The number of nitrogens with zero attached hydrogens (tertiary/aromatic N) is 2. The number of piperidine rings is 1. The second-order valence-corrected chi connectivity index (χ2v) is 8.94. The summed E-state index contributed by atoms with van der Waals surface area (Å²) in [4.78, 5) is 30.6. The van der Waals surface area contributed by atoms with Crippen LogP contribution < -0.4 is 15.5 Å². The first kappa shape index (κ1) is 21.8. The molecule has 8 nitrogen and oxygen atoms in total. The molecule has 1 aliphatic rings. The van der Waals surface area contributed by atoms with Gasteiger partial charge < -0.3 is 19.7 Å². The molecule has 2 heterocycles. The van der Waals surface area contributed by atoms with Gasteiger partial charge in [0.2, 0.25) is 0 Å². The molecular weight excluding hydrogens is 360 g/mol. The maximum absolute atomic E-state index is 12.0. The molecule has 8 heteroatoms. The number of aromatic nitrogens is 1. The maximum atomic E-state index is 12.0. The predicted molar refractivity (Wildman–Crippen MR) is 109 cm³/mol. The fourth-order valence-corrected chi connectivity index (χ4v) is 2.85. The maximum Gasteiger partial charge on any atom is 0.413 e. The summed E-state index contributed by atoms with van der Waals surface area (Å²) in [6.45, 7) is 12.4. The van der Waals surface area contributed by atoms with Crippen LogP contribution in [-0.2, 0) is 9.47 Å². The van der Waals surface area contributed by atoms with E-state index in [1.807, 2.05) is 53.7 Å². The molecule has 0 aromatic carbocycles. The molecule has 2 N–H and O–H groups in total. The van der Waals surface area contributed by atoms with E-state index in [-0.39, 0.29) is 6.04 Å². The highest BCUT2D eigenvalue weighted by molar-refractivity contribution is 5.83. The molecule has 1 saturated heterocycles. The van der Waals surface area contributed by atoms with Gasteiger partial charge in [-0.2, -0.15) is 0 Å². The van der Waals surface area contributed by atoms with Crippen LogP contribution in [0.5, 0.6) is 0 Å². The van der Waals surface area contributed by atoms with Crippen molar-refractivity contribution >= 4 is 23.8 Å². The molecule has 2 rings (SSSR count). The molecule has 1 fully saturated rings. The lowest BCUT2D eigenvalue weighted by Gasteiger charge is -2.34. The number of carbonyl (C=O) groups is 2. The fraction of sp³-hybridized carbons (Fsp3) is 0.650. The van der Waals surface area contributed by atoms with Gasteiger partial charge in [0, 0.05) is 19.1 Å². The van der Waals surface area contributed by atoms with Gasteiger partial charge in [-0.25, -0.2) is 14.6 Å². The summed E-state index contributed by atoms with van der Waals surface area (Å²) < 4.78 is 10.6. The molecule has 156 valence electrons. The standard InChI is InChI=1S/C20H32N4O4/c1-19(2,3)27-17(25)21-14-9-8-12-24(13-14)16-11-7-10-15(22-16)23-18(26)28-20(4,5)6/h7,10-11,14H,8-9,12-13H2,1-6H3,(H,21,25)(H,22,23,26). The Kier molecular flexibility index (Phi) is 6.74. The van der Waals surface area contributed by atoms with Gasteiger partial charge in [0.05, 0.1) is 0 Å². The Labute approximate surface area is 167 Å². The van der Waals surface area contributed by atoms with Crippen LogP contribution in [0, 0.1) is 0 Å². The van der Waals surface area contributed by atoms with Crippen molar-refractivity contribution < 1.29 is 19.1 Å². The fourth-order valence-electron chi connectivity index (χ4n) is 2.85. The van der Waals surface area contributed by atoms with Gasteiger partial charge in [-0.15, -0.1) is 0 Å². The molecule has 1 atom stereocenters. The van der Waals surface area contributed by atoms with E-state index in [9.17, 15) is 9.59 Å². The van der Waals surface area contributed by atoms with E-state index in [2.05, 4.69) is 20.5 Å². The number of nitrogens with one attached hydrogen (secondary N) is 2. The van der Waals surface area contributed by atoms with E-state index < -0.39 is 23.4 Å². The molecular formula is C20H32N4O4. The van der Waals surface area contributed by atoms with Crippen LogP contribution in [0.4, 0.5) is 21.2 Å². The zero-order chi connectivity index (χ0) is 20.9. The Bertz CT molecular complexity index is 694. The molecule has 1 unspecified atom stereocenters. The highest BCUT2D eigenvalue weighted by Crippen LogP contribution is 2.20. The van der Waals surface area contributed by atoms with Gasteiger partial charge in [-0.05, 0) is 66.5 Å². The minimum absolute atomic E-state index is 0.0205. The summed E-state index contributed by atoms with van der Waals surface area (Å²) in [7, 11) is 0. The van der Waals surface area contributed by atoms with Crippen molar-refractivity contribution in [1.82, 2.24) is 10.3 Å². The topological polar surface area (TPSA) is 92.8 Å². The average Bonchev–Trinajstić information content (AvgIpc) is 2.51. The van der Waals surface area contributed by atoms with Crippen LogP contribution >= 0.6 is 0 Å². The Morgan fingerprint density at radius 3 is 2.36 bits per heavy atom. The minimum atomic E-state index is -0.574. The number of rotatable bonds is 3. The van der Waals surface area contributed by atoms with Crippen molar-refractivity contribution in [2.24, 2.45) is 0 Å². The number of ether oxygens (including phenoxy) is 2. The number of carbonyl (C=O) groups excluding carboxylic acids is 2. The number of hydrogen-bond acceptors (Lipinski definition) is 6. The molecule has 1 aromatic rings. The summed E-state index contributed by atoms with van der Waals surface area (Å²) in [6, 6.07) is 5.41. The molecule has 0 spiro atoms. The number of hydrogen-bond donors (Lipinski definition) is 2. The van der Waals surface area contributed by atoms with Gasteiger partial charge in [-0.1, -0.05) is 6.07 Å². The Balaban J connectivity index is 1.97. The molecule has 2 amide bonds. The Morgan fingerprint density at radius 2 is 1.71 bits per heavy atom. The van der Waals surface area contributed by atoms with Crippen molar-refractivity contribution in [3.05, 3.63) is 18.2 Å². The lowest BCUT2D eigenvalue weighted by atomic mass is 10.1. The van der Waals surface area contributed by atoms with Gasteiger partial charge in [-0.3, -0.25) is 5.32 Å². The molecule has 0 saturated carbocycles. The van der Waals surface area contributed by atoms with Crippen molar-refractivity contribution in [1.29, 1.82) is 0 Å². The third kappa shape index (κ3) is 7.62. The Morgan fingerprint density at radius 1 is 1.07 bits per heavy atom. The second kappa shape index (κ2) is 8.67. The Hall–Kier alpha value is -2.51. The van der Waals surface area contributed by atoms with Crippen LogP contribution in [0.3, 0.4) is 0 Å². The number of pyridine rings is 1. The highest BCUT2D eigenvalue weighted by Gasteiger charge is 2.25. The SMILES string of the molecule is CC(C)(C)OC(=O)Nc1cccc(N2CCCC(NC(=O)OC(C)(C)C)C2)n1. The third-order valence-electron chi connectivity index (χ3n) is 3.83. The van der Waals surface area contributed by atoms with E-state index in [1.54, 1.807) is 6.07 Å². The number of amides is 2. The largest absolute Gasteiger partial charge is 0.444 e. The van der Waals surface area contributed by atoms with Crippen LogP contribution in [0.15, 0.2) is 18.2 Å². The van der Waals surface area contributed by atoms with E-state index >= 15 is 0 Å². The van der Waals surface area contributed by atoms with Crippen LogP contribution in [0.1, 0.15) is 54.4 Å². The predicted octanol–water partition coefficient (Wildman–Crippen LogP) is 3.92. The lowest BCUT2D eigenvalue weighted by Crippen LogP contribution is -2.49. The first-order chi connectivity index (χ1) is 12.9. The van der Waals surface area contributed by atoms with Crippen molar-refractivity contribution in [2.45, 2.75) is 71.6 Å². The average molecular weight is 393 g/mol. The summed E-state index contributed by atoms with van der Waals surface area (Å²) in [5.41, 5.74) is -1.10. The van der Waals surface area contributed by atoms with Crippen molar-refractivity contribution in [3.8, 4) is 0 Å². The molecule has 1 aliphatic heterocycles. The summed E-state index contributed by atoms with van der Waals surface area (Å²) >= 11 is 0. The lowest BCUT2D eigenvalue weighted by molar-refractivity contribution is 0.0499. The molecule has 28 heavy (non-hydrogen) atoms. The van der Waals surface area contributed by atoms with Crippen LogP contribution in [-0.4, -0.2) is 47.5 Å². The third-order valence-corrected chi connectivity index (χ3v) is 3.83. The monoisotopic (exact) mass is 392 g/mol. The van der Waals surface area contributed by atoms with Gasteiger partial charge >= 0.3 is 12.2 Å². The second-order valence-electron chi connectivity index (χ2n) is 8.94. The molecule has 1 aromatic heterocycles. The smallest absolute Gasteiger partial charge is 0.413 e. The van der Waals surface area contributed by atoms with Crippen LogP contribution in [0.25, 0.3) is 0 Å². The highest BCUT2D eigenvalue weighted by atomic mass is 16.6. The van der Waals surface area contributed by atoms with E-state index in [0.29, 0.717) is 12.4 Å². The molecule has 0 bridgehead atoms. The van der Waals surface area contributed by atoms with E-state index in [4.69, 9.17) is 9.47 Å². The molecule has 0 radical (unpaired) electrons. The van der Waals surface area contributed by atoms with Gasteiger partial charge in [0.25, 0.3) is 0 Å². The first-order valence-electron chi connectivity index (χ1n) is 9.63. The van der Waals surface area contributed by atoms with Gasteiger partial charge in [0.1, 0.15) is 22.8 Å². The summed E-state index contributed by atoms with van der Waals surface area (Å²) in [6.07, 6.45) is 0.852. The van der Waals surface area contributed by atoms with E-state index in [0.717, 1.165) is 25.2 Å². The zero-order valence-electron chi connectivity index (χ0n) is 17.7. The van der Waals surface area contributed by atoms with Crippen LogP contribution in [0.2, 0.25) is 0 Å². The van der Waals surface area contributed by atoms with Crippen molar-refractivity contribution in [3.63, 3.8) is 0 Å². The van der Waals surface area contributed by atoms with E-state index in [1.165, 1.54) is 0 Å². The zero-order valence-corrected chi connectivity index (χ0v) is 17.7. The number of alkyl carbamates (subject to hydrolysis) is 1. The van der Waals surface area contributed by atoms with Gasteiger partial charge in [0.15, 0.2) is 0 Å². The normalized spacial score (nSPS) is 17.6. The summed E-state index contributed by atoms with van der Waals surface area (Å²) in [5, 5.41) is 5.59. The summed E-state index contributed by atoms with van der Waals surface area (Å²) in [5.74, 6) is 1.17. The quantitative estimate of drug-likeness (QED) is 0.810. The number of anilines is 2. The molecule has 0 aliphatic carbocycles. The first-order valence-corrected chi connectivity index (χ1v) is 9.63. The minimum Gasteiger partial charge on any atom is -0.444 e. The van der Waals surface area contributed by atoms with Crippen molar-refractivity contribution in [2.75, 3.05) is 23.3 Å².